The molecule has 0 aromatic heterocycles. The number of hydrogen-bond acceptors (Lipinski definition) is 2. The van der Waals surface area contributed by atoms with Gasteiger partial charge >= 0.3 is 6.18 Å². The van der Waals surface area contributed by atoms with Crippen molar-refractivity contribution >= 4 is 5.91 Å². The molecule has 1 aromatic carbocycles. The van der Waals surface area contributed by atoms with Gasteiger partial charge in [-0.1, -0.05) is 18.2 Å². The Morgan fingerprint density at radius 3 is 2.71 bits per heavy atom. The van der Waals surface area contributed by atoms with E-state index >= 15 is 0 Å². The summed E-state index contributed by atoms with van der Waals surface area (Å²) in [7, 11) is 0. The van der Waals surface area contributed by atoms with Crippen LogP contribution in [0.15, 0.2) is 48.2 Å². The molecule has 2 rings (SSSR count). The molecule has 112 valence electrons. The number of nitrogens with one attached hydrogen (secondary N) is 1. The third-order valence-electron chi connectivity index (χ3n) is 3.20. The molecule has 1 aromatic rings. The lowest BCUT2D eigenvalue weighted by Gasteiger charge is -2.29. The van der Waals surface area contributed by atoms with Crippen LogP contribution in [0, 0.1) is 0 Å². The molecule has 0 aliphatic heterocycles. The van der Waals surface area contributed by atoms with Gasteiger partial charge in [0.1, 0.15) is 0 Å². The number of carbonyl (C=O) groups excluding carboxylic acids is 1. The molecule has 0 saturated carbocycles. The zero-order chi connectivity index (χ0) is 15.7. The van der Waals surface area contributed by atoms with E-state index < -0.39 is 23.2 Å². The highest BCUT2D eigenvalue weighted by Crippen LogP contribution is 2.29. The summed E-state index contributed by atoms with van der Waals surface area (Å²) in [6.07, 6.45) is 1.13. The summed E-state index contributed by atoms with van der Waals surface area (Å²) in [5, 5.41) is 2.71. The SMILES string of the molecule is CC1(NC(=O)c2cccc(C(F)(F)F)c2)C=CC=C(N)C1. The van der Waals surface area contributed by atoms with Crippen LogP contribution in [0.1, 0.15) is 29.3 Å². The standard InChI is InChI=1S/C15H15F3N2O/c1-14(7-3-6-12(19)9-14)20-13(21)10-4-2-5-11(8-10)15(16,17)18/h2-8H,9,19H2,1H3,(H,20,21). The van der Waals surface area contributed by atoms with E-state index in [9.17, 15) is 18.0 Å². The number of carbonyl (C=O) groups is 1. The van der Waals surface area contributed by atoms with E-state index in [1.165, 1.54) is 12.1 Å². The topological polar surface area (TPSA) is 55.1 Å². The van der Waals surface area contributed by atoms with E-state index in [-0.39, 0.29) is 5.56 Å². The number of rotatable bonds is 2. The van der Waals surface area contributed by atoms with E-state index in [1.54, 1.807) is 25.2 Å². The predicted octanol–water partition coefficient (Wildman–Crippen LogP) is 3.00. The van der Waals surface area contributed by atoms with Crippen molar-refractivity contribution in [1.82, 2.24) is 5.32 Å². The molecule has 1 aliphatic carbocycles. The fourth-order valence-electron chi connectivity index (χ4n) is 2.18. The van der Waals surface area contributed by atoms with Gasteiger partial charge in [-0.2, -0.15) is 13.2 Å². The summed E-state index contributed by atoms with van der Waals surface area (Å²) in [6.45, 7) is 1.76. The molecule has 0 bridgehead atoms. The first-order valence-corrected chi connectivity index (χ1v) is 6.33. The molecule has 1 unspecified atom stereocenters. The lowest BCUT2D eigenvalue weighted by atomic mass is 9.91. The van der Waals surface area contributed by atoms with E-state index in [0.29, 0.717) is 12.1 Å². The fraction of sp³-hybridized carbons (Fsp3) is 0.267. The molecule has 1 atom stereocenters. The van der Waals surface area contributed by atoms with Crippen molar-refractivity contribution in [3.8, 4) is 0 Å². The van der Waals surface area contributed by atoms with Crippen LogP contribution in [0.4, 0.5) is 13.2 Å². The minimum atomic E-state index is -4.47. The minimum absolute atomic E-state index is 0.0347. The molecule has 0 saturated heterocycles. The number of halogens is 3. The third kappa shape index (κ3) is 3.65. The van der Waals surface area contributed by atoms with Crippen molar-refractivity contribution in [1.29, 1.82) is 0 Å². The maximum absolute atomic E-state index is 12.6. The van der Waals surface area contributed by atoms with Crippen LogP contribution in [0.5, 0.6) is 0 Å². The number of amides is 1. The molecule has 21 heavy (non-hydrogen) atoms. The molecule has 3 N–H and O–H groups in total. The normalized spacial score (nSPS) is 21.8. The fourth-order valence-corrected chi connectivity index (χ4v) is 2.18. The second kappa shape index (κ2) is 5.27. The lowest BCUT2D eigenvalue weighted by molar-refractivity contribution is -0.137. The van der Waals surface area contributed by atoms with Crippen LogP contribution in [0.2, 0.25) is 0 Å². The molecular formula is C15H15F3N2O. The number of nitrogens with two attached hydrogens (primary N) is 1. The quantitative estimate of drug-likeness (QED) is 0.881. The van der Waals surface area contributed by atoms with Gasteiger partial charge in [-0.05, 0) is 31.2 Å². The number of benzene rings is 1. The predicted molar refractivity (Wildman–Crippen MR) is 73.3 cm³/mol. The summed E-state index contributed by atoms with van der Waals surface area (Å²) in [5.41, 5.74) is 4.73. The zero-order valence-electron chi connectivity index (χ0n) is 11.4. The average Bonchev–Trinajstić information content (AvgIpc) is 2.37. The third-order valence-corrected chi connectivity index (χ3v) is 3.20. The van der Waals surface area contributed by atoms with Crippen molar-refractivity contribution in [3.63, 3.8) is 0 Å². The van der Waals surface area contributed by atoms with Crippen molar-refractivity contribution < 1.29 is 18.0 Å². The Bertz CT molecular complexity index is 620. The Labute approximate surface area is 120 Å². The highest BCUT2D eigenvalue weighted by molar-refractivity contribution is 5.95. The summed E-state index contributed by atoms with van der Waals surface area (Å²) in [4.78, 5) is 12.1. The molecule has 0 spiro atoms. The van der Waals surface area contributed by atoms with Gasteiger partial charge in [0.15, 0.2) is 0 Å². The largest absolute Gasteiger partial charge is 0.416 e. The summed E-state index contributed by atoms with van der Waals surface area (Å²) in [5.74, 6) is -0.567. The van der Waals surface area contributed by atoms with Crippen molar-refractivity contribution in [2.24, 2.45) is 5.73 Å². The van der Waals surface area contributed by atoms with Gasteiger partial charge in [0.2, 0.25) is 0 Å². The molecular weight excluding hydrogens is 281 g/mol. The van der Waals surface area contributed by atoms with Gasteiger partial charge in [0, 0.05) is 17.7 Å². The average molecular weight is 296 g/mol. The van der Waals surface area contributed by atoms with Crippen LogP contribution in [0.25, 0.3) is 0 Å². The Morgan fingerprint density at radius 2 is 2.10 bits per heavy atom. The molecule has 0 radical (unpaired) electrons. The molecule has 1 amide bonds. The van der Waals surface area contributed by atoms with Gasteiger partial charge in [0.05, 0.1) is 11.1 Å². The monoisotopic (exact) mass is 296 g/mol. The second-order valence-corrected chi connectivity index (χ2v) is 5.23. The number of allylic oxidation sites excluding steroid dienone is 2. The molecule has 0 fully saturated rings. The Kier molecular flexibility index (Phi) is 3.80. The van der Waals surface area contributed by atoms with E-state index in [0.717, 1.165) is 12.1 Å². The minimum Gasteiger partial charge on any atom is -0.402 e. The zero-order valence-corrected chi connectivity index (χ0v) is 11.4. The Morgan fingerprint density at radius 1 is 1.38 bits per heavy atom. The molecule has 1 aliphatic rings. The highest BCUT2D eigenvalue weighted by atomic mass is 19.4. The second-order valence-electron chi connectivity index (χ2n) is 5.23. The molecule has 3 nitrogen and oxygen atoms in total. The Balaban J connectivity index is 2.18. The first kappa shape index (κ1) is 15.2. The van der Waals surface area contributed by atoms with Crippen molar-refractivity contribution in [2.75, 3.05) is 0 Å². The maximum atomic E-state index is 12.6. The van der Waals surface area contributed by atoms with Gasteiger partial charge in [-0.25, -0.2) is 0 Å². The van der Waals surface area contributed by atoms with Gasteiger partial charge in [0.25, 0.3) is 5.91 Å². The highest BCUT2D eigenvalue weighted by Gasteiger charge is 2.32. The maximum Gasteiger partial charge on any atom is 0.416 e. The summed E-state index contributed by atoms with van der Waals surface area (Å²) < 4.78 is 37.9. The van der Waals surface area contributed by atoms with Crippen LogP contribution in [-0.4, -0.2) is 11.4 Å². The first-order valence-electron chi connectivity index (χ1n) is 6.33. The van der Waals surface area contributed by atoms with Gasteiger partial charge < -0.3 is 11.1 Å². The van der Waals surface area contributed by atoms with Crippen LogP contribution in [0.3, 0.4) is 0 Å². The van der Waals surface area contributed by atoms with Gasteiger partial charge in [-0.3, -0.25) is 4.79 Å². The van der Waals surface area contributed by atoms with Crippen molar-refractivity contribution in [2.45, 2.75) is 25.1 Å². The van der Waals surface area contributed by atoms with E-state index in [1.807, 2.05) is 0 Å². The van der Waals surface area contributed by atoms with E-state index in [2.05, 4.69) is 5.32 Å². The first-order chi connectivity index (χ1) is 9.70. The summed E-state index contributed by atoms with van der Waals surface area (Å²) >= 11 is 0. The smallest absolute Gasteiger partial charge is 0.402 e. The molecule has 0 heterocycles. The lowest BCUT2D eigenvalue weighted by Crippen LogP contribution is -2.46. The van der Waals surface area contributed by atoms with Crippen molar-refractivity contribution in [3.05, 3.63) is 59.3 Å². The Hall–Kier alpha value is -2.24. The van der Waals surface area contributed by atoms with Crippen LogP contribution in [-0.2, 0) is 6.18 Å². The van der Waals surface area contributed by atoms with Crippen LogP contribution < -0.4 is 11.1 Å². The van der Waals surface area contributed by atoms with Crippen LogP contribution >= 0.6 is 0 Å². The number of hydrogen-bond donors (Lipinski definition) is 2. The number of alkyl halides is 3. The summed E-state index contributed by atoms with van der Waals surface area (Å²) in [6, 6.07) is 4.33. The van der Waals surface area contributed by atoms with E-state index in [4.69, 9.17) is 5.73 Å². The molecule has 6 heteroatoms. The van der Waals surface area contributed by atoms with Gasteiger partial charge in [-0.15, -0.1) is 0 Å².